The highest BCUT2D eigenvalue weighted by atomic mass is 31.2. The van der Waals surface area contributed by atoms with Gasteiger partial charge in [-0.1, -0.05) is 0 Å². The number of benzene rings is 1. The first-order chi connectivity index (χ1) is 8.05. The van der Waals surface area contributed by atoms with Crippen LogP contribution in [0.5, 0.6) is 0 Å². The van der Waals surface area contributed by atoms with Gasteiger partial charge in [-0.3, -0.25) is 4.57 Å². The van der Waals surface area contributed by atoms with Crippen molar-refractivity contribution in [3.63, 3.8) is 0 Å². The van der Waals surface area contributed by atoms with Gasteiger partial charge in [-0.15, -0.1) is 0 Å². The molecular formula is C11H13FNO3P. The van der Waals surface area contributed by atoms with E-state index in [1.807, 2.05) is 0 Å². The van der Waals surface area contributed by atoms with Crippen LogP contribution in [0.1, 0.15) is 13.8 Å². The fourth-order valence-electron chi connectivity index (χ4n) is 1.31. The topological polar surface area (TPSA) is 39.9 Å². The molecule has 0 spiro atoms. The summed E-state index contributed by atoms with van der Waals surface area (Å²) in [6, 6.07) is 3.46. The van der Waals surface area contributed by atoms with Crippen LogP contribution in [0, 0.1) is 12.4 Å². The lowest BCUT2D eigenvalue weighted by Crippen LogP contribution is -2.11. The third kappa shape index (κ3) is 3.37. The van der Waals surface area contributed by atoms with Crippen molar-refractivity contribution in [2.45, 2.75) is 13.8 Å². The summed E-state index contributed by atoms with van der Waals surface area (Å²) in [6.45, 7) is 10.5. The molecule has 0 aliphatic heterocycles. The lowest BCUT2D eigenvalue weighted by Gasteiger charge is -2.17. The standard InChI is InChI=1S/C11H13FNO3P/c1-4-15-17(14,16-5-2)11-7-9(12)6-10(8-11)13-3/h6-8H,4-5H2,1-2H3. The van der Waals surface area contributed by atoms with E-state index in [0.717, 1.165) is 12.1 Å². The maximum Gasteiger partial charge on any atom is 0.360 e. The van der Waals surface area contributed by atoms with E-state index in [9.17, 15) is 8.96 Å². The van der Waals surface area contributed by atoms with Gasteiger partial charge in [-0.25, -0.2) is 9.24 Å². The molecule has 0 aliphatic rings. The summed E-state index contributed by atoms with van der Waals surface area (Å²) in [5.74, 6) is -0.631. The molecule has 92 valence electrons. The predicted octanol–water partition coefficient (Wildman–Crippen LogP) is 3.27. The lowest BCUT2D eigenvalue weighted by molar-refractivity contribution is 0.230. The molecule has 4 nitrogen and oxygen atoms in total. The minimum atomic E-state index is -3.52. The summed E-state index contributed by atoms with van der Waals surface area (Å²) in [5, 5.41) is 0.0761. The molecule has 0 amide bonds. The third-order valence-electron chi connectivity index (χ3n) is 1.91. The highest BCUT2D eigenvalue weighted by Crippen LogP contribution is 2.47. The summed E-state index contributed by atoms with van der Waals surface area (Å²) in [5.41, 5.74) is 0.0691. The number of hydrogen-bond donors (Lipinski definition) is 0. The van der Waals surface area contributed by atoms with Gasteiger partial charge in [0.15, 0.2) is 5.69 Å². The fraction of sp³-hybridized carbons (Fsp3) is 0.364. The van der Waals surface area contributed by atoms with Crippen LogP contribution in [0.4, 0.5) is 10.1 Å². The molecule has 0 aliphatic carbocycles. The third-order valence-corrected chi connectivity index (χ3v) is 4.00. The molecule has 0 fully saturated rings. The van der Waals surface area contributed by atoms with Crippen molar-refractivity contribution >= 4 is 18.6 Å². The average Bonchev–Trinajstić information content (AvgIpc) is 2.28. The van der Waals surface area contributed by atoms with Crippen LogP contribution >= 0.6 is 7.60 Å². The minimum Gasteiger partial charge on any atom is -0.306 e. The van der Waals surface area contributed by atoms with Crippen LogP contribution in [0.25, 0.3) is 4.85 Å². The van der Waals surface area contributed by atoms with Gasteiger partial charge in [0.1, 0.15) is 5.82 Å². The summed E-state index contributed by atoms with van der Waals surface area (Å²) in [4.78, 5) is 3.10. The van der Waals surface area contributed by atoms with Crippen LogP contribution in [-0.2, 0) is 13.6 Å². The predicted molar refractivity (Wildman–Crippen MR) is 63.2 cm³/mol. The zero-order chi connectivity index (χ0) is 12.9. The number of nitrogens with zero attached hydrogens (tertiary/aromatic N) is 1. The summed E-state index contributed by atoms with van der Waals surface area (Å²) in [6.07, 6.45) is 0. The van der Waals surface area contributed by atoms with Crippen molar-refractivity contribution in [3.8, 4) is 0 Å². The Morgan fingerprint density at radius 1 is 1.29 bits per heavy atom. The first-order valence-corrected chi connectivity index (χ1v) is 6.67. The van der Waals surface area contributed by atoms with Gasteiger partial charge in [0.25, 0.3) is 0 Å². The van der Waals surface area contributed by atoms with E-state index in [1.54, 1.807) is 13.8 Å². The second-order valence-corrected chi connectivity index (χ2v) is 5.14. The normalized spacial score (nSPS) is 11.2. The van der Waals surface area contributed by atoms with E-state index in [-0.39, 0.29) is 24.2 Å². The first-order valence-electron chi connectivity index (χ1n) is 5.13. The number of halogens is 1. The van der Waals surface area contributed by atoms with E-state index < -0.39 is 13.4 Å². The van der Waals surface area contributed by atoms with Crippen LogP contribution in [0.15, 0.2) is 18.2 Å². The van der Waals surface area contributed by atoms with E-state index in [4.69, 9.17) is 15.6 Å². The number of hydrogen-bond acceptors (Lipinski definition) is 3. The Morgan fingerprint density at radius 2 is 1.88 bits per heavy atom. The van der Waals surface area contributed by atoms with E-state index >= 15 is 0 Å². The molecule has 0 saturated heterocycles. The summed E-state index contributed by atoms with van der Waals surface area (Å²) in [7, 11) is -3.52. The molecular weight excluding hydrogens is 244 g/mol. The Bertz CT molecular complexity index is 474. The molecule has 0 bridgehead atoms. The fourth-order valence-corrected chi connectivity index (χ4v) is 2.93. The molecule has 0 heterocycles. The largest absolute Gasteiger partial charge is 0.360 e. The zero-order valence-electron chi connectivity index (χ0n) is 9.64. The van der Waals surface area contributed by atoms with Gasteiger partial charge < -0.3 is 9.05 Å². The van der Waals surface area contributed by atoms with Crippen LogP contribution < -0.4 is 5.30 Å². The molecule has 1 rings (SSSR count). The average molecular weight is 257 g/mol. The monoisotopic (exact) mass is 257 g/mol. The van der Waals surface area contributed by atoms with Gasteiger partial charge in [0, 0.05) is 0 Å². The van der Waals surface area contributed by atoms with Crippen molar-refractivity contribution in [1.82, 2.24) is 0 Å². The van der Waals surface area contributed by atoms with Gasteiger partial charge >= 0.3 is 7.60 Å². The van der Waals surface area contributed by atoms with Crippen molar-refractivity contribution in [2.75, 3.05) is 13.2 Å². The van der Waals surface area contributed by atoms with Crippen LogP contribution in [0.3, 0.4) is 0 Å². The SMILES string of the molecule is [C-]#[N+]c1cc(F)cc(P(=O)(OCC)OCC)c1. The highest BCUT2D eigenvalue weighted by Gasteiger charge is 2.27. The van der Waals surface area contributed by atoms with Gasteiger partial charge in [0.2, 0.25) is 0 Å². The van der Waals surface area contributed by atoms with Crippen molar-refractivity contribution in [3.05, 3.63) is 35.4 Å². The molecule has 6 heteroatoms. The van der Waals surface area contributed by atoms with Gasteiger partial charge in [0.05, 0.1) is 25.1 Å². The molecule has 0 unspecified atom stereocenters. The highest BCUT2D eigenvalue weighted by molar-refractivity contribution is 7.62. The van der Waals surface area contributed by atoms with E-state index in [2.05, 4.69) is 4.85 Å². The lowest BCUT2D eigenvalue weighted by atomic mass is 10.3. The minimum absolute atomic E-state index is 0.0691. The molecule has 0 aromatic heterocycles. The zero-order valence-corrected chi connectivity index (χ0v) is 10.5. The Kier molecular flexibility index (Phi) is 4.83. The Morgan fingerprint density at radius 3 is 2.35 bits per heavy atom. The Labute approximate surface area is 99.7 Å². The van der Waals surface area contributed by atoms with Crippen molar-refractivity contribution in [1.29, 1.82) is 0 Å². The Hall–Kier alpha value is -1.21. The maximum absolute atomic E-state index is 13.3. The second kappa shape index (κ2) is 5.92. The second-order valence-electron chi connectivity index (χ2n) is 3.11. The molecule has 1 aromatic rings. The molecule has 0 saturated carbocycles. The summed E-state index contributed by atoms with van der Waals surface area (Å²) < 4.78 is 35.7. The molecule has 0 radical (unpaired) electrons. The van der Waals surface area contributed by atoms with Crippen LogP contribution in [-0.4, -0.2) is 13.2 Å². The van der Waals surface area contributed by atoms with Gasteiger partial charge in [-0.2, -0.15) is 0 Å². The van der Waals surface area contributed by atoms with Gasteiger partial charge in [-0.05, 0) is 32.0 Å². The van der Waals surface area contributed by atoms with Crippen molar-refractivity contribution < 1.29 is 18.0 Å². The quantitative estimate of drug-likeness (QED) is 0.600. The summed E-state index contributed by atoms with van der Waals surface area (Å²) >= 11 is 0. The smallest absolute Gasteiger partial charge is 0.306 e. The Balaban J connectivity index is 3.24. The number of rotatable bonds is 5. The van der Waals surface area contributed by atoms with E-state index in [0.29, 0.717) is 0 Å². The van der Waals surface area contributed by atoms with E-state index in [1.165, 1.54) is 6.07 Å². The maximum atomic E-state index is 13.3. The van der Waals surface area contributed by atoms with Crippen molar-refractivity contribution in [2.24, 2.45) is 0 Å². The molecule has 1 aromatic carbocycles. The first kappa shape index (κ1) is 13.9. The molecule has 0 N–H and O–H groups in total. The molecule has 0 atom stereocenters. The molecule has 17 heavy (non-hydrogen) atoms. The van der Waals surface area contributed by atoms with Crippen LogP contribution in [0.2, 0.25) is 0 Å².